The number of H-pyrrole nitrogens is 6. The van der Waals surface area contributed by atoms with E-state index in [4.69, 9.17) is 5.73 Å². The molecular formula is C39H49N19O8. The van der Waals surface area contributed by atoms with Crippen molar-refractivity contribution in [1.82, 2.24) is 91.7 Å². The molecule has 27 nitrogen and oxygen atoms in total. The SMILES string of the molecule is C[C@H](N)C(=O)N[C@@H](Cc1cnc[nH]1)C(=O)N[C@@H](Cc1cnc[nH]1)C(=O)N[C@@H](Cc1cnc[nH]1)C(=O)N[C@@H](Cc1cnc[nH]1)C(=O)N[C@@H](Cc1cnc[nH]1)C(=O)N[C@@H](Cc1cnc[nH]1)C(=O)O. The van der Waals surface area contributed by atoms with Crippen LogP contribution in [0, 0.1) is 0 Å². The second kappa shape index (κ2) is 22.7. The maximum absolute atomic E-state index is 14.4. The maximum Gasteiger partial charge on any atom is 0.326 e. The number of imidazole rings is 6. The van der Waals surface area contributed by atoms with Gasteiger partial charge in [0.25, 0.3) is 0 Å². The molecule has 0 aliphatic rings. The largest absolute Gasteiger partial charge is 0.480 e. The van der Waals surface area contributed by atoms with E-state index in [9.17, 15) is 38.7 Å². The van der Waals surface area contributed by atoms with Gasteiger partial charge in [0.1, 0.15) is 36.3 Å². The summed E-state index contributed by atoms with van der Waals surface area (Å²) in [7, 11) is 0. The van der Waals surface area contributed by atoms with Crippen LogP contribution in [0.25, 0.3) is 0 Å². The molecule has 66 heavy (non-hydrogen) atoms. The number of aliphatic carboxylic acids is 1. The molecule has 27 heteroatoms. The normalized spacial score (nSPS) is 14.3. The lowest BCUT2D eigenvalue weighted by Crippen LogP contribution is -2.61. The number of carbonyl (C=O) groups excluding carboxylic acids is 6. The number of aromatic nitrogens is 12. The molecule has 0 saturated heterocycles. The Labute approximate surface area is 374 Å². The van der Waals surface area contributed by atoms with E-state index >= 15 is 0 Å². The minimum atomic E-state index is -1.42. The number of amides is 6. The van der Waals surface area contributed by atoms with Crippen LogP contribution in [0.15, 0.2) is 75.1 Å². The van der Waals surface area contributed by atoms with Crippen molar-refractivity contribution in [2.24, 2.45) is 5.73 Å². The van der Waals surface area contributed by atoms with Crippen molar-refractivity contribution in [1.29, 1.82) is 0 Å². The van der Waals surface area contributed by atoms with Gasteiger partial charge in [-0.1, -0.05) is 0 Å². The average molecular weight is 912 g/mol. The predicted octanol–water partition coefficient (Wildman–Crippen LogP) is -3.88. The lowest BCUT2D eigenvalue weighted by atomic mass is 10.0. The Hall–Kier alpha value is -8.49. The molecule has 0 bridgehead atoms. The maximum atomic E-state index is 14.4. The molecule has 0 radical (unpaired) electrons. The van der Waals surface area contributed by atoms with Gasteiger partial charge in [-0.05, 0) is 6.92 Å². The third kappa shape index (κ3) is 13.8. The summed E-state index contributed by atoms with van der Waals surface area (Å²) in [6.07, 6.45) is 16.0. The Bertz CT molecular complexity index is 2450. The zero-order valence-electron chi connectivity index (χ0n) is 35.3. The number of aromatic amines is 6. The number of carbonyl (C=O) groups is 7. The second-order valence-electron chi connectivity index (χ2n) is 15.2. The van der Waals surface area contributed by atoms with Gasteiger partial charge in [-0.3, -0.25) is 28.8 Å². The van der Waals surface area contributed by atoms with E-state index in [1.807, 2.05) is 0 Å². The molecule has 348 valence electrons. The van der Waals surface area contributed by atoms with E-state index in [0.717, 1.165) is 0 Å². The summed E-state index contributed by atoms with van der Waals surface area (Å²) in [5.41, 5.74) is 8.41. The number of nitrogens with two attached hydrogens (primary N) is 1. The number of nitrogens with zero attached hydrogens (tertiary/aromatic N) is 6. The minimum absolute atomic E-state index is 0.0386. The average Bonchev–Trinajstić information content (AvgIpc) is 4.14. The van der Waals surface area contributed by atoms with Gasteiger partial charge in [0.05, 0.1) is 44.0 Å². The van der Waals surface area contributed by atoms with Crippen molar-refractivity contribution < 1.29 is 38.7 Å². The summed E-state index contributed by atoms with van der Waals surface area (Å²) in [5, 5.41) is 25.7. The first-order valence-electron chi connectivity index (χ1n) is 20.4. The van der Waals surface area contributed by atoms with E-state index in [0.29, 0.717) is 34.2 Å². The topological polar surface area (TPSA) is 410 Å². The molecule has 0 spiro atoms. The molecule has 0 aliphatic heterocycles. The van der Waals surface area contributed by atoms with Gasteiger partial charge in [-0.15, -0.1) is 0 Å². The number of carboxylic acid groups (broad SMARTS) is 1. The number of hydrogen-bond donors (Lipinski definition) is 14. The van der Waals surface area contributed by atoms with E-state index < -0.39 is 83.7 Å². The molecule has 0 fully saturated rings. The van der Waals surface area contributed by atoms with Crippen LogP contribution in [0.4, 0.5) is 0 Å². The standard InChI is InChI=1S/C39H49N19O8/c1-20(40)33(59)53-27(2-21-8-41-14-47-21)34(60)54-28(3-22-9-42-15-48-22)35(61)55-29(4-23-10-43-16-49-23)36(62)56-30(5-24-11-44-17-50-24)37(63)57-31(6-25-12-45-18-51-25)38(64)58-32(39(65)66)7-26-13-46-19-52-26/h8-20,27-32H,2-7,40H2,1H3,(H,41,47)(H,42,48)(H,43,49)(H,44,50)(H,45,51)(H,46,52)(H,53,59)(H,54,60)(H,55,61)(H,56,62)(H,57,63)(H,58,64)(H,65,66)/t20-,27-,28-,29-,30-,31-,32-/m0/s1. The molecular weight excluding hydrogens is 863 g/mol. The lowest BCUT2D eigenvalue weighted by molar-refractivity contribution is -0.142. The Morgan fingerprint density at radius 2 is 0.606 bits per heavy atom. The van der Waals surface area contributed by atoms with Crippen molar-refractivity contribution in [3.8, 4) is 0 Å². The molecule has 6 aromatic heterocycles. The van der Waals surface area contributed by atoms with Crippen LogP contribution < -0.4 is 37.6 Å². The van der Waals surface area contributed by atoms with Crippen molar-refractivity contribution in [2.75, 3.05) is 0 Å². The van der Waals surface area contributed by atoms with E-state index in [-0.39, 0.29) is 38.5 Å². The van der Waals surface area contributed by atoms with Gasteiger partial charge in [0.15, 0.2) is 0 Å². The quantitative estimate of drug-likeness (QED) is 0.0261. The smallest absolute Gasteiger partial charge is 0.326 e. The molecule has 15 N–H and O–H groups in total. The highest BCUT2D eigenvalue weighted by atomic mass is 16.4. The predicted molar refractivity (Wildman–Crippen MR) is 227 cm³/mol. The molecule has 6 rings (SSSR count). The van der Waals surface area contributed by atoms with Crippen LogP contribution >= 0.6 is 0 Å². The summed E-state index contributed by atoms with van der Waals surface area (Å²) in [6.45, 7) is 1.45. The monoisotopic (exact) mass is 911 g/mol. The van der Waals surface area contributed by atoms with Crippen LogP contribution in [0.2, 0.25) is 0 Å². The van der Waals surface area contributed by atoms with Gasteiger partial charge in [-0.2, -0.15) is 0 Å². The minimum Gasteiger partial charge on any atom is -0.480 e. The summed E-state index contributed by atoms with van der Waals surface area (Å²) in [4.78, 5) is 137. The highest BCUT2D eigenvalue weighted by Gasteiger charge is 2.35. The zero-order chi connectivity index (χ0) is 47.0. The molecule has 0 aliphatic carbocycles. The van der Waals surface area contributed by atoms with E-state index in [2.05, 4.69) is 91.7 Å². The Morgan fingerprint density at radius 3 is 0.788 bits per heavy atom. The van der Waals surface area contributed by atoms with E-state index in [1.165, 1.54) is 82.1 Å². The molecule has 6 aromatic rings. The van der Waals surface area contributed by atoms with Crippen LogP contribution in [0.1, 0.15) is 41.1 Å². The fourth-order valence-corrected chi connectivity index (χ4v) is 6.61. The third-order valence-corrected chi connectivity index (χ3v) is 10.1. The Balaban J connectivity index is 1.23. The first-order chi connectivity index (χ1) is 31.8. The van der Waals surface area contributed by atoms with Crippen LogP contribution in [-0.2, 0) is 72.1 Å². The highest BCUT2D eigenvalue weighted by Crippen LogP contribution is 2.09. The summed E-state index contributed by atoms with van der Waals surface area (Å²) >= 11 is 0. The molecule has 0 aromatic carbocycles. The first kappa shape index (κ1) is 47.0. The summed E-state index contributed by atoms with van der Waals surface area (Å²) in [6, 6.07) is -9.17. The van der Waals surface area contributed by atoms with Crippen molar-refractivity contribution in [3.63, 3.8) is 0 Å². The number of carboxylic acids is 1. The zero-order valence-corrected chi connectivity index (χ0v) is 35.3. The Kier molecular flexibility index (Phi) is 16.2. The molecule has 0 unspecified atom stereocenters. The van der Waals surface area contributed by atoms with Gasteiger partial charge in [0, 0.05) is 110 Å². The van der Waals surface area contributed by atoms with Gasteiger partial charge < -0.3 is 72.6 Å². The molecule has 0 saturated carbocycles. The van der Waals surface area contributed by atoms with Crippen molar-refractivity contribution in [2.45, 2.75) is 87.7 Å². The molecule has 7 atom stereocenters. The Morgan fingerprint density at radius 1 is 0.409 bits per heavy atom. The number of hydrogen-bond acceptors (Lipinski definition) is 14. The van der Waals surface area contributed by atoms with Crippen LogP contribution in [-0.4, -0.2) is 149 Å². The van der Waals surface area contributed by atoms with Gasteiger partial charge in [0.2, 0.25) is 35.4 Å². The van der Waals surface area contributed by atoms with Crippen LogP contribution in [0.5, 0.6) is 0 Å². The first-order valence-corrected chi connectivity index (χ1v) is 20.4. The van der Waals surface area contributed by atoms with Crippen molar-refractivity contribution >= 4 is 41.4 Å². The fourth-order valence-electron chi connectivity index (χ4n) is 6.61. The van der Waals surface area contributed by atoms with E-state index in [1.54, 1.807) is 0 Å². The lowest BCUT2D eigenvalue weighted by Gasteiger charge is -2.27. The third-order valence-electron chi connectivity index (χ3n) is 10.1. The summed E-state index contributed by atoms with van der Waals surface area (Å²) in [5.74, 6) is -6.11. The van der Waals surface area contributed by atoms with Crippen LogP contribution in [0.3, 0.4) is 0 Å². The molecule has 6 heterocycles. The fraction of sp³-hybridized carbons (Fsp3) is 0.359. The van der Waals surface area contributed by atoms with Gasteiger partial charge >= 0.3 is 5.97 Å². The van der Waals surface area contributed by atoms with Gasteiger partial charge in [-0.25, -0.2) is 34.7 Å². The number of nitrogens with one attached hydrogen (secondary N) is 12. The second-order valence-corrected chi connectivity index (χ2v) is 15.2. The van der Waals surface area contributed by atoms with Crippen molar-refractivity contribution in [3.05, 3.63) is 109 Å². The summed E-state index contributed by atoms with van der Waals surface area (Å²) < 4.78 is 0. The molecule has 6 amide bonds. The number of rotatable bonds is 25. The highest BCUT2D eigenvalue weighted by molar-refractivity contribution is 5.97.